The largest absolute Gasteiger partial charge is 0.369 e. The normalized spacial score (nSPS) is 22.7. The Morgan fingerprint density at radius 1 is 1.50 bits per heavy atom. The SMILES string of the molecule is CC1(CN=C(N)NN)CCCC1. The van der Waals surface area contributed by atoms with E-state index in [4.69, 9.17) is 11.6 Å². The Kier molecular flexibility index (Phi) is 2.92. The van der Waals surface area contributed by atoms with Crippen molar-refractivity contribution in [3.63, 3.8) is 0 Å². The van der Waals surface area contributed by atoms with Crippen LogP contribution in [0.5, 0.6) is 0 Å². The minimum absolute atomic E-state index is 0.336. The summed E-state index contributed by atoms with van der Waals surface area (Å²) in [6.07, 6.45) is 5.16. The molecule has 0 radical (unpaired) electrons. The van der Waals surface area contributed by atoms with E-state index >= 15 is 0 Å². The van der Waals surface area contributed by atoms with Crippen LogP contribution in [0.15, 0.2) is 4.99 Å². The molecule has 1 fully saturated rings. The first-order chi connectivity index (χ1) is 5.66. The molecule has 4 heteroatoms. The predicted octanol–water partition coefficient (Wildman–Crippen LogP) is 0.345. The van der Waals surface area contributed by atoms with Crippen LogP contribution in [-0.2, 0) is 0 Å². The molecular formula is C8H18N4. The zero-order valence-corrected chi connectivity index (χ0v) is 7.64. The molecule has 0 amide bonds. The number of nitrogens with zero attached hydrogens (tertiary/aromatic N) is 1. The van der Waals surface area contributed by atoms with E-state index in [0.717, 1.165) is 6.54 Å². The van der Waals surface area contributed by atoms with Gasteiger partial charge in [0.15, 0.2) is 0 Å². The van der Waals surface area contributed by atoms with Gasteiger partial charge >= 0.3 is 0 Å². The third-order valence-electron chi connectivity index (χ3n) is 2.59. The number of aliphatic imine (C=N–C) groups is 1. The van der Waals surface area contributed by atoms with E-state index in [-0.39, 0.29) is 0 Å². The van der Waals surface area contributed by atoms with Crippen LogP contribution in [0.1, 0.15) is 32.6 Å². The highest BCUT2D eigenvalue weighted by atomic mass is 15.3. The molecule has 0 unspecified atom stereocenters. The Bertz CT molecular complexity index is 170. The molecule has 0 saturated heterocycles. The predicted molar refractivity (Wildman–Crippen MR) is 50.4 cm³/mol. The number of nitrogens with one attached hydrogen (secondary N) is 1. The van der Waals surface area contributed by atoms with E-state index in [1.807, 2.05) is 0 Å². The van der Waals surface area contributed by atoms with E-state index < -0.39 is 0 Å². The first-order valence-electron chi connectivity index (χ1n) is 4.43. The summed E-state index contributed by atoms with van der Waals surface area (Å²) in [7, 11) is 0. The Hall–Kier alpha value is -0.770. The summed E-state index contributed by atoms with van der Waals surface area (Å²) in [6.45, 7) is 3.05. The summed E-state index contributed by atoms with van der Waals surface area (Å²) < 4.78 is 0. The lowest BCUT2D eigenvalue weighted by Gasteiger charge is -2.20. The average molecular weight is 170 g/mol. The van der Waals surface area contributed by atoms with Crippen LogP contribution >= 0.6 is 0 Å². The van der Waals surface area contributed by atoms with Crippen molar-refractivity contribution in [3.05, 3.63) is 0 Å². The van der Waals surface area contributed by atoms with E-state index in [1.165, 1.54) is 25.7 Å². The van der Waals surface area contributed by atoms with Crippen LogP contribution in [0.4, 0.5) is 0 Å². The van der Waals surface area contributed by atoms with E-state index in [1.54, 1.807) is 0 Å². The fourth-order valence-corrected chi connectivity index (χ4v) is 1.71. The van der Waals surface area contributed by atoms with Gasteiger partial charge < -0.3 is 5.73 Å². The minimum Gasteiger partial charge on any atom is -0.369 e. The van der Waals surface area contributed by atoms with Crippen molar-refractivity contribution in [3.8, 4) is 0 Å². The standard InChI is InChI=1S/C8H18N4/c1-8(4-2-3-5-8)6-11-7(9)12-10/h2-6,10H2,1H3,(H3,9,11,12). The highest BCUT2D eigenvalue weighted by Crippen LogP contribution is 2.37. The lowest BCUT2D eigenvalue weighted by molar-refractivity contribution is 0.351. The first kappa shape index (κ1) is 9.32. The zero-order valence-electron chi connectivity index (χ0n) is 7.64. The van der Waals surface area contributed by atoms with Crippen molar-refractivity contribution in [1.82, 2.24) is 5.43 Å². The van der Waals surface area contributed by atoms with Crippen LogP contribution in [0, 0.1) is 5.41 Å². The van der Waals surface area contributed by atoms with Gasteiger partial charge in [-0.1, -0.05) is 19.8 Å². The second-order valence-electron chi connectivity index (χ2n) is 3.86. The molecule has 1 rings (SSSR count). The summed E-state index contributed by atoms with van der Waals surface area (Å²) in [6, 6.07) is 0. The number of nitrogens with two attached hydrogens (primary N) is 2. The summed E-state index contributed by atoms with van der Waals surface area (Å²) >= 11 is 0. The molecule has 0 atom stereocenters. The van der Waals surface area contributed by atoms with E-state index in [9.17, 15) is 0 Å². The summed E-state index contributed by atoms with van der Waals surface area (Å²) in [5, 5.41) is 0. The van der Waals surface area contributed by atoms with Crippen molar-refractivity contribution in [1.29, 1.82) is 0 Å². The minimum atomic E-state index is 0.336. The van der Waals surface area contributed by atoms with Gasteiger partial charge in [-0.15, -0.1) is 0 Å². The molecule has 5 N–H and O–H groups in total. The lowest BCUT2D eigenvalue weighted by atomic mass is 9.89. The molecule has 0 bridgehead atoms. The molecule has 0 spiro atoms. The Morgan fingerprint density at radius 3 is 2.58 bits per heavy atom. The topological polar surface area (TPSA) is 76.4 Å². The maximum Gasteiger partial charge on any atom is 0.203 e. The van der Waals surface area contributed by atoms with Crippen molar-refractivity contribution in [2.45, 2.75) is 32.6 Å². The number of hydrogen-bond donors (Lipinski definition) is 3. The zero-order chi connectivity index (χ0) is 9.03. The Balaban J connectivity index is 2.39. The lowest BCUT2D eigenvalue weighted by Crippen LogP contribution is -2.37. The van der Waals surface area contributed by atoms with Gasteiger partial charge in [0, 0.05) is 6.54 Å². The van der Waals surface area contributed by atoms with Crippen molar-refractivity contribution >= 4 is 5.96 Å². The maximum absolute atomic E-state index is 5.42. The van der Waals surface area contributed by atoms with Crippen LogP contribution in [0.3, 0.4) is 0 Å². The maximum atomic E-state index is 5.42. The molecule has 12 heavy (non-hydrogen) atoms. The molecule has 0 heterocycles. The Labute approximate surface area is 73.4 Å². The number of rotatable bonds is 2. The molecule has 4 nitrogen and oxygen atoms in total. The quantitative estimate of drug-likeness (QED) is 0.242. The van der Waals surface area contributed by atoms with Gasteiger partial charge in [-0.25, -0.2) is 5.84 Å². The average Bonchev–Trinajstić information content (AvgIpc) is 2.49. The van der Waals surface area contributed by atoms with Gasteiger partial charge in [0.25, 0.3) is 0 Å². The summed E-state index contributed by atoms with van der Waals surface area (Å²) in [4.78, 5) is 4.15. The second-order valence-corrected chi connectivity index (χ2v) is 3.86. The fraction of sp³-hybridized carbons (Fsp3) is 0.875. The van der Waals surface area contributed by atoms with Gasteiger partial charge in [0.2, 0.25) is 5.96 Å². The number of hydrogen-bond acceptors (Lipinski definition) is 2. The molecule has 0 aromatic carbocycles. The third kappa shape index (κ3) is 2.37. The molecular weight excluding hydrogens is 152 g/mol. The van der Waals surface area contributed by atoms with E-state index in [2.05, 4.69) is 17.3 Å². The van der Waals surface area contributed by atoms with Crippen LogP contribution in [0.2, 0.25) is 0 Å². The van der Waals surface area contributed by atoms with Crippen LogP contribution in [-0.4, -0.2) is 12.5 Å². The van der Waals surface area contributed by atoms with Crippen molar-refractivity contribution in [2.75, 3.05) is 6.54 Å². The highest BCUT2D eigenvalue weighted by Gasteiger charge is 2.27. The third-order valence-corrected chi connectivity index (χ3v) is 2.59. The summed E-state index contributed by atoms with van der Waals surface area (Å²) in [5.74, 6) is 5.43. The fourth-order valence-electron chi connectivity index (χ4n) is 1.71. The van der Waals surface area contributed by atoms with Crippen LogP contribution < -0.4 is 17.0 Å². The number of guanidine groups is 1. The van der Waals surface area contributed by atoms with Gasteiger partial charge in [-0.3, -0.25) is 10.4 Å². The molecule has 1 aliphatic rings. The van der Waals surface area contributed by atoms with E-state index in [0.29, 0.717) is 11.4 Å². The molecule has 0 aromatic heterocycles. The second kappa shape index (κ2) is 3.76. The van der Waals surface area contributed by atoms with Gasteiger partial charge in [0.1, 0.15) is 0 Å². The first-order valence-corrected chi connectivity index (χ1v) is 4.43. The highest BCUT2D eigenvalue weighted by molar-refractivity contribution is 5.77. The molecule has 1 saturated carbocycles. The molecule has 1 aliphatic carbocycles. The summed E-state index contributed by atoms with van der Waals surface area (Å²) in [5.41, 5.74) is 8.12. The van der Waals surface area contributed by atoms with Crippen molar-refractivity contribution < 1.29 is 0 Å². The number of hydrazine groups is 1. The van der Waals surface area contributed by atoms with Crippen LogP contribution in [0.25, 0.3) is 0 Å². The smallest absolute Gasteiger partial charge is 0.203 e. The molecule has 70 valence electrons. The van der Waals surface area contributed by atoms with Crippen molar-refractivity contribution in [2.24, 2.45) is 22.0 Å². The van der Waals surface area contributed by atoms with Gasteiger partial charge in [0.05, 0.1) is 0 Å². The Morgan fingerprint density at radius 2 is 2.08 bits per heavy atom. The van der Waals surface area contributed by atoms with Gasteiger partial charge in [-0.2, -0.15) is 0 Å². The monoisotopic (exact) mass is 170 g/mol. The molecule has 0 aromatic rings. The molecule has 0 aliphatic heterocycles. The van der Waals surface area contributed by atoms with Gasteiger partial charge in [-0.05, 0) is 18.3 Å².